The zero-order chi connectivity index (χ0) is 16.4. The number of ether oxygens (including phenoxy) is 1. The largest absolute Gasteiger partial charge is 0.447 e. The second-order valence-corrected chi connectivity index (χ2v) is 6.97. The van der Waals surface area contributed by atoms with Crippen LogP contribution in [0.2, 0.25) is 0 Å². The van der Waals surface area contributed by atoms with Crippen molar-refractivity contribution in [1.29, 1.82) is 0 Å². The first-order chi connectivity index (χ1) is 11.1. The number of anilines is 2. The maximum Gasteiger partial charge on any atom is 0.415 e. The van der Waals surface area contributed by atoms with E-state index in [1.165, 1.54) is 25.7 Å². The fourth-order valence-electron chi connectivity index (χ4n) is 3.52. The van der Waals surface area contributed by atoms with Crippen LogP contribution in [0.4, 0.5) is 16.6 Å². The molecule has 1 aromatic rings. The standard InChI is InChI=1S/C17H26N4O2/c1-11(2)14-10-23-17(22)21(14)15-8-9-18-16(20-15)19-12(3)13-6-4-5-7-13/h8-9,11-14H,4-7,10H2,1-3H3,(H,18,19,20)/t12-,14?/m1/s1. The summed E-state index contributed by atoms with van der Waals surface area (Å²) in [5.41, 5.74) is 0. The predicted molar refractivity (Wildman–Crippen MR) is 89.5 cm³/mol. The van der Waals surface area contributed by atoms with E-state index in [-0.39, 0.29) is 12.1 Å². The molecule has 1 aromatic heterocycles. The molecule has 23 heavy (non-hydrogen) atoms. The topological polar surface area (TPSA) is 67.3 Å². The van der Waals surface area contributed by atoms with E-state index in [9.17, 15) is 4.79 Å². The highest BCUT2D eigenvalue weighted by Gasteiger charge is 2.37. The van der Waals surface area contributed by atoms with Crippen molar-refractivity contribution in [3.05, 3.63) is 12.3 Å². The normalized spacial score (nSPS) is 23.4. The summed E-state index contributed by atoms with van der Waals surface area (Å²) in [6.07, 6.45) is 6.54. The first kappa shape index (κ1) is 16.0. The number of aromatic nitrogens is 2. The number of rotatable bonds is 5. The van der Waals surface area contributed by atoms with Gasteiger partial charge in [-0.3, -0.25) is 4.90 Å². The van der Waals surface area contributed by atoms with Gasteiger partial charge < -0.3 is 10.1 Å². The second-order valence-electron chi connectivity index (χ2n) is 6.97. The molecule has 6 nitrogen and oxygen atoms in total. The third-order valence-corrected chi connectivity index (χ3v) is 5.03. The maximum atomic E-state index is 12.1. The van der Waals surface area contributed by atoms with E-state index >= 15 is 0 Å². The molecule has 1 unspecified atom stereocenters. The molecule has 3 rings (SSSR count). The van der Waals surface area contributed by atoms with Gasteiger partial charge in [-0.05, 0) is 37.7 Å². The predicted octanol–water partition coefficient (Wildman–Crippen LogP) is 3.45. The molecule has 2 aliphatic rings. The fourth-order valence-corrected chi connectivity index (χ4v) is 3.52. The summed E-state index contributed by atoms with van der Waals surface area (Å²) < 4.78 is 5.20. The summed E-state index contributed by atoms with van der Waals surface area (Å²) in [5.74, 6) is 2.19. The first-order valence-electron chi connectivity index (χ1n) is 8.62. The summed E-state index contributed by atoms with van der Waals surface area (Å²) in [6, 6.07) is 2.14. The summed E-state index contributed by atoms with van der Waals surface area (Å²) in [4.78, 5) is 22.6. The lowest BCUT2D eigenvalue weighted by molar-refractivity contribution is 0.177. The van der Waals surface area contributed by atoms with E-state index in [0.29, 0.717) is 36.3 Å². The van der Waals surface area contributed by atoms with Crippen LogP contribution in [0.3, 0.4) is 0 Å². The molecule has 2 atom stereocenters. The monoisotopic (exact) mass is 318 g/mol. The SMILES string of the molecule is CC(C)C1COC(=O)N1c1ccnc(N[C@H](C)C2CCCC2)n1. The Labute approximate surface area is 137 Å². The number of hydrogen-bond acceptors (Lipinski definition) is 5. The van der Waals surface area contributed by atoms with Gasteiger partial charge in [0, 0.05) is 12.2 Å². The van der Waals surface area contributed by atoms with Crippen molar-refractivity contribution in [3.63, 3.8) is 0 Å². The maximum absolute atomic E-state index is 12.1. The Bertz CT molecular complexity index is 557. The number of carbonyl (C=O) groups is 1. The average Bonchev–Trinajstić information content (AvgIpc) is 3.16. The van der Waals surface area contributed by atoms with Gasteiger partial charge in [0.05, 0.1) is 6.04 Å². The van der Waals surface area contributed by atoms with Crippen LogP contribution in [0, 0.1) is 11.8 Å². The van der Waals surface area contributed by atoms with Gasteiger partial charge >= 0.3 is 6.09 Å². The summed E-state index contributed by atoms with van der Waals surface area (Å²) in [6.45, 7) is 6.78. The minimum absolute atomic E-state index is 0.0255. The van der Waals surface area contributed by atoms with Crippen LogP contribution in [0.5, 0.6) is 0 Å². The molecule has 0 bridgehead atoms. The van der Waals surface area contributed by atoms with Crippen molar-refractivity contribution in [2.75, 3.05) is 16.8 Å². The average molecular weight is 318 g/mol. The minimum atomic E-state index is -0.322. The van der Waals surface area contributed by atoms with Crippen LogP contribution in [0.15, 0.2) is 12.3 Å². The molecule has 1 amide bonds. The third kappa shape index (κ3) is 3.41. The van der Waals surface area contributed by atoms with Gasteiger partial charge in [0.25, 0.3) is 0 Å². The molecule has 2 fully saturated rings. The van der Waals surface area contributed by atoms with Gasteiger partial charge in [0.15, 0.2) is 0 Å². The summed E-state index contributed by atoms with van der Waals surface area (Å²) in [7, 11) is 0. The molecular weight excluding hydrogens is 292 g/mol. The van der Waals surface area contributed by atoms with Gasteiger partial charge in [-0.2, -0.15) is 4.98 Å². The van der Waals surface area contributed by atoms with Crippen molar-refractivity contribution in [1.82, 2.24) is 9.97 Å². The third-order valence-electron chi connectivity index (χ3n) is 5.03. The molecule has 1 saturated carbocycles. The van der Waals surface area contributed by atoms with E-state index < -0.39 is 0 Å². The first-order valence-corrected chi connectivity index (χ1v) is 8.62. The van der Waals surface area contributed by atoms with Crippen LogP contribution in [-0.4, -0.2) is 34.8 Å². The molecule has 1 aliphatic carbocycles. The van der Waals surface area contributed by atoms with Crippen LogP contribution < -0.4 is 10.2 Å². The summed E-state index contributed by atoms with van der Waals surface area (Å²) in [5, 5.41) is 3.41. The van der Waals surface area contributed by atoms with E-state index in [0.717, 1.165) is 0 Å². The number of cyclic esters (lactones) is 1. The molecule has 1 aliphatic heterocycles. The Morgan fingerprint density at radius 1 is 1.30 bits per heavy atom. The Kier molecular flexibility index (Phi) is 4.68. The fraction of sp³-hybridized carbons (Fsp3) is 0.706. The van der Waals surface area contributed by atoms with Gasteiger partial charge in [-0.1, -0.05) is 26.7 Å². The van der Waals surface area contributed by atoms with Crippen LogP contribution in [-0.2, 0) is 4.74 Å². The number of hydrogen-bond donors (Lipinski definition) is 1. The van der Waals surface area contributed by atoms with Crippen molar-refractivity contribution in [2.45, 2.75) is 58.5 Å². The Morgan fingerprint density at radius 2 is 2.04 bits per heavy atom. The highest BCUT2D eigenvalue weighted by molar-refractivity contribution is 5.89. The van der Waals surface area contributed by atoms with Crippen molar-refractivity contribution < 1.29 is 9.53 Å². The van der Waals surface area contributed by atoms with E-state index in [2.05, 4.69) is 36.1 Å². The summed E-state index contributed by atoms with van der Waals surface area (Å²) >= 11 is 0. The molecular formula is C17H26N4O2. The number of carbonyl (C=O) groups excluding carboxylic acids is 1. The van der Waals surface area contributed by atoms with Crippen LogP contribution >= 0.6 is 0 Å². The molecule has 1 saturated heterocycles. The Balaban J connectivity index is 1.75. The molecule has 126 valence electrons. The van der Waals surface area contributed by atoms with Gasteiger partial charge in [-0.15, -0.1) is 0 Å². The van der Waals surface area contributed by atoms with E-state index in [1.54, 1.807) is 17.2 Å². The van der Waals surface area contributed by atoms with E-state index in [1.807, 2.05) is 0 Å². The lowest BCUT2D eigenvalue weighted by Gasteiger charge is -2.24. The van der Waals surface area contributed by atoms with Crippen molar-refractivity contribution in [3.8, 4) is 0 Å². The Hall–Kier alpha value is -1.85. The molecule has 0 radical (unpaired) electrons. The quantitative estimate of drug-likeness (QED) is 0.900. The molecule has 0 aromatic carbocycles. The minimum Gasteiger partial charge on any atom is -0.447 e. The smallest absolute Gasteiger partial charge is 0.415 e. The second kappa shape index (κ2) is 6.72. The lowest BCUT2D eigenvalue weighted by Crippen LogP contribution is -2.38. The van der Waals surface area contributed by atoms with Crippen LogP contribution in [0.25, 0.3) is 0 Å². The van der Waals surface area contributed by atoms with Crippen molar-refractivity contribution >= 4 is 17.9 Å². The van der Waals surface area contributed by atoms with E-state index in [4.69, 9.17) is 4.74 Å². The lowest BCUT2D eigenvalue weighted by atomic mass is 10.0. The molecule has 6 heteroatoms. The molecule has 0 spiro atoms. The Morgan fingerprint density at radius 3 is 2.74 bits per heavy atom. The van der Waals surface area contributed by atoms with Gasteiger partial charge in [0.2, 0.25) is 5.95 Å². The van der Waals surface area contributed by atoms with Gasteiger partial charge in [0.1, 0.15) is 12.4 Å². The highest BCUT2D eigenvalue weighted by atomic mass is 16.6. The number of nitrogens with one attached hydrogen (secondary N) is 1. The number of amides is 1. The van der Waals surface area contributed by atoms with Crippen molar-refractivity contribution in [2.24, 2.45) is 11.8 Å². The van der Waals surface area contributed by atoms with Crippen LogP contribution in [0.1, 0.15) is 46.5 Å². The zero-order valence-corrected chi connectivity index (χ0v) is 14.2. The molecule has 2 heterocycles. The zero-order valence-electron chi connectivity index (χ0n) is 14.2. The number of nitrogens with zero attached hydrogens (tertiary/aromatic N) is 3. The molecule has 1 N–H and O–H groups in total. The van der Waals surface area contributed by atoms with Gasteiger partial charge in [-0.25, -0.2) is 9.78 Å². The highest BCUT2D eigenvalue weighted by Crippen LogP contribution is 2.29.